The molecule has 0 saturated carbocycles. The number of unbranched alkanes of at least 4 members (excludes halogenated alkanes) is 11. The predicted molar refractivity (Wildman–Crippen MR) is 232 cm³/mol. The fourth-order valence-electron chi connectivity index (χ4n) is 9.29. The van der Waals surface area contributed by atoms with Gasteiger partial charge in [0.1, 0.15) is 17.3 Å². The van der Waals surface area contributed by atoms with Crippen LogP contribution in [-0.4, -0.2) is 28.4 Å². The van der Waals surface area contributed by atoms with Gasteiger partial charge in [0, 0.05) is 5.41 Å². The fraction of sp³-hybridized carbons (Fsp3) is 0.640. The standard InChI is InChI=1S/C50H79NO3/c1-7-8-9-13-18-32-48(2,3)47(49(4,5)33-19-14-10-11-16-23-41-25-21-27-44(52)38-41)43-29-30-46(54)40-50(6,34-31-43)35-37-51-36-20-15-12-17-24-42-26-22-28-45(53)39-42/h21-22,25-31,34,38-40,43,47,51-54H,7-20,23-24,32-33,35-37H2,1-6H3/b30-29-,34-31?,46-40+. The predicted octanol–water partition coefficient (Wildman–Crippen LogP) is 14.0. The van der Waals surface area contributed by atoms with Crippen LogP contribution in [0, 0.1) is 28.1 Å². The number of aliphatic hydroxyl groups is 1. The van der Waals surface area contributed by atoms with E-state index in [1.165, 1.54) is 107 Å². The molecule has 2 aromatic rings. The summed E-state index contributed by atoms with van der Waals surface area (Å²) in [5, 5.41) is 34.3. The van der Waals surface area contributed by atoms with E-state index in [1.807, 2.05) is 30.3 Å². The van der Waals surface area contributed by atoms with E-state index in [0.717, 1.165) is 38.8 Å². The number of nitrogens with one attached hydrogen (secondary N) is 1. The molecule has 4 heteroatoms. The molecule has 1 aliphatic carbocycles. The Hall–Kier alpha value is -2.98. The molecular weight excluding hydrogens is 663 g/mol. The second-order valence-corrected chi connectivity index (χ2v) is 18.3. The number of benzene rings is 2. The molecule has 0 amide bonds. The molecule has 54 heavy (non-hydrogen) atoms. The molecule has 4 nitrogen and oxygen atoms in total. The summed E-state index contributed by atoms with van der Waals surface area (Å²) in [5.74, 6) is 1.83. The van der Waals surface area contributed by atoms with Crippen LogP contribution in [0.3, 0.4) is 0 Å². The number of aliphatic hydroxyl groups excluding tert-OH is 1. The zero-order valence-corrected chi connectivity index (χ0v) is 35.4. The maximum absolute atomic E-state index is 11.1. The van der Waals surface area contributed by atoms with E-state index in [9.17, 15) is 15.3 Å². The molecule has 3 rings (SSSR count). The Balaban J connectivity index is 1.56. The SMILES string of the molecule is CCCCCCCC(C)(C)C(C1C=CC(C)(CCNCCCCCCc2cccc(O)c2)/C=C(O)\C=C/1)C(C)(C)CCCCCCCc1cccc(O)c1. The minimum absolute atomic E-state index is 0.146. The molecule has 4 N–H and O–H groups in total. The first-order chi connectivity index (χ1) is 25.8. The third-order valence-electron chi connectivity index (χ3n) is 12.2. The van der Waals surface area contributed by atoms with Crippen molar-refractivity contribution in [2.45, 2.75) is 164 Å². The van der Waals surface area contributed by atoms with E-state index in [-0.39, 0.29) is 22.2 Å². The summed E-state index contributed by atoms with van der Waals surface area (Å²) in [5.41, 5.74) is 2.55. The van der Waals surface area contributed by atoms with Crippen LogP contribution in [0.1, 0.15) is 162 Å². The molecule has 3 unspecified atom stereocenters. The van der Waals surface area contributed by atoms with Crippen LogP contribution in [0.25, 0.3) is 0 Å². The summed E-state index contributed by atoms with van der Waals surface area (Å²) in [7, 11) is 0. The Kier molecular flexibility index (Phi) is 20.0. The Morgan fingerprint density at radius 3 is 1.72 bits per heavy atom. The van der Waals surface area contributed by atoms with Crippen molar-refractivity contribution in [2.75, 3.05) is 13.1 Å². The Morgan fingerprint density at radius 1 is 0.648 bits per heavy atom. The highest BCUT2D eigenvalue weighted by molar-refractivity contribution is 5.28. The van der Waals surface area contributed by atoms with E-state index in [2.05, 4.69) is 83.3 Å². The van der Waals surface area contributed by atoms with Crippen molar-refractivity contribution in [3.05, 3.63) is 95.8 Å². The van der Waals surface area contributed by atoms with E-state index >= 15 is 0 Å². The third kappa shape index (κ3) is 17.2. The Bertz CT molecular complexity index is 1420. The van der Waals surface area contributed by atoms with Gasteiger partial charge in [-0.2, -0.15) is 0 Å². The third-order valence-corrected chi connectivity index (χ3v) is 12.2. The first-order valence-corrected chi connectivity index (χ1v) is 21.9. The first kappa shape index (κ1) is 45.4. The number of hydrogen-bond acceptors (Lipinski definition) is 4. The van der Waals surface area contributed by atoms with Gasteiger partial charge >= 0.3 is 0 Å². The summed E-state index contributed by atoms with van der Waals surface area (Å²) >= 11 is 0. The normalized spacial score (nSPS) is 19.9. The second kappa shape index (κ2) is 23.8. The zero-order chi connectivity index (χ0) is 39.3. The van der Waals surface area contributed by atoms with Crippen molar-refractivity contribution in [3.8, 4) is 11.5 Å². The highest BCUT2D eigenvalue weighted by atomic mass is 16.3. The van der Waals surface area contributed by atoms with Crippen LogP contribution in [-0.2, 0) is 12.8 Å². The fourth-order valence-corrected chi connectivity index (χ4v) is 9.29. The van der Waals surface area contributed by atoms with Gasteiger partial charge in [-0.15, -0.1) is 0 Å². The molecule has 302 valence electrons. The van der Waals surface area contributed by atoms with Crippen molar-refractivity contribution in [2.24, 2.45) is 28.1 Å². The summed E-state index contributed by atoms with van der Waals surface area (Å²) in [6, 6.07) is 15.3. The summed E-state index contributed by atoms with van der Waals surface area (Å²) in [6.07, 6.45) is 34.2. The lowest BCUT2D eigenvalue weighted by molar-refractivity contribution is 0.0324. The van der Waals surface area contributed by atoms with E-state index < -0.39 is 0 Å². The quantitative estimate of drug-likeness (QED) is 0.0543. The average molecular weight is 742 g/mol. The summed E-state index contributed by atoms with van der Waals surface area (Å²) < 4.78 is 0. The van der Waals surface area contributed by atoms with Gasteiger partial charge in [0.25, 0.3) is 0 Å². The van der Waals surface area contributed by atoms with E-state index in [0.29, 0.717) is 23.2 Å². The molecule has 1 aliphatic rings. The van der Waals surface area contributed by atoms with Gasteiger partial charge in [0.15, 0.2) is 0 Å². The van der Waals surface area contributed by atoms with E-state index in [4.69, 9.17) is 0 Å². The second-order valence-electron chi connectivity index (χ2n) is 18.3. The van der Waals surface area contributed by atoms with E-state index in [1.54, 1.807) is 12.1 Å². The smallest absolute Gasteiger partial charge is 0.115 e. The number of aromatic hydroxyl groups is 2. The molecule has 0 saturated heterocycles. The number of phenolic OH excluding ortho intramolecular Hbond substituents is 2. The lowest BCUT2D eigenvalue weighted by Crippen LogP contribution is -2.41. The molecule has 0 spiro atoms. The molecule has 0 bridgehead atoms. The number of hydrogen-bond donors (Lipinski definition) is 4. The highest BCUT2D eigenvalue weighted by Crippen LogP contribution is 2.51. The van der Waals surface area contributed by atoms with Crippen LogP contribution < -0.4 is 5.32 Å². The van der Waals surface area contributed by atoms with Crippen molar-refractivity contribution in [1.29, 1.82) is 0 Å². The lowest BCUT2D eigenvalue weighted by atomic mass is 9.56. The zero-order valence-electron chi connectivity index (χ0n) is 35.4. The van der Waals surface area contributed by atoms with Crippen LogP contribution >= 0.6 is 0 Å². The maximum atomic E-state index is 11.1. The highest BCUT2D eigenvalue weighted by Gasteiger charge is 2.43. The Morgan fingerprint density at radius 2 is 1.17 bits per heavy atom. The van der Waals surface area contributed by atoms with Crippen LogP contribution in [0.5, 0.6) is 11.5 Å². The van der Waals surface area contributed by atoms with Gasteiger partial charge in [-0.25, -0.2) is 0 Å². The number of phenols is 2. The van der Waals surface area contributed by atoms with Crippen molar-refractivity contribution >= 4 is 0 Å². The molecule has 0 fully saturated rings. The van der Waals surface area contributed by atoms with Crippen molar-refractivity contribution in [3.63, 3.8) is 0 Å². The topological polar surface area (TPSA) is 72.7 Å². The van der Waals surface area contributed by atoms with Gasteiger partial charge < -0.3 is 20.6 Å². The number of rotatable bonds is 27. The largest absolute Gasteiger partial charge is 0.508 e. The molecule has 0 aliphatic heterocycles. The lowest BCUT2D eigenvalue weighted by Gasteiger charge is -2.48. The molecule has 0 radical (unpaired) electrons. The monoisotopic (exact) mass is 742 g/mol. The first-order valence-electron chi connectivity index (χ1n) is 21.9. The van der Waals surface area contributed by atoms with Crippen molar-refractivity contribution in [1.82, 2.24) is 5.32 Å². The maximum Gasteiger partial charge on any atom is 0.115 e. The number of aryl methyl sites for hydroxylation is 2. The molecule has 0 aromatic heterocycles. The summed E-state index contributed by atoms with van der Waals surface area (Å²) in [4.78, 5) is 0. The number of allylic oxidation sites excluding steroid dienone is 5. The summed E-state index contributed by atoms with van der Waals surface area (Å²) in [6.45, 7) is 16.6. The minimum atomic E-state index is -0.210. The van der Waals surface area contributed by atoms with Gasteiger partial charge in [0.2, 0.25) is 0 Å². The minimum Gasteiger partial charge on any atom is -0.508 e. The van der Waals surface area contributed by atoms with Crippen LogP contribution in [0.4, 0.5) is 0 Å². The van der Waals surface area contributed by atoms with Gasteiger partial charge in [-0.1, -0.05) is 155 Å². The van der Waals surface area contributed by atoms with Gasteiger partial charge in [-0.3, -0.25) is 0 Å². The average Bonchev–Trinajstić information content (AvgIpc) is 3.11. The molecule has 0 heterocycles. The molecular formula is C50H79NO3. The van der Waals surface area contributed by atoms with Crippen molar-refractivity contribution < 1.29 is 15.3 Å². The van der Waals surface area contributed by atoms with Crippen LogP contribution in [0.15, 0.2) is 84.7 Å². The van der Waals surface area contributed by atoms with Gasteiger partial charge in [0.05, 0.1) is 0 Å². The molecule has 2 aromatic carbocycles. The van der Waals surface area contributed by atoms with Gasteiger partial charge in [-0.05, 0) is 135 Å². The Labute approximate surface area is 331 Å². The van der Waals surface area contributed by atoms with Crippen LogP contribution in [0.2, 0.25) is 0 Å². The molecule has 3 atom stereocenters.